The Morgan fingerprint density at radius 1 is 0.792 bits per heavy atom. The zero-order valence-corrected chi connectivity index (χ0v) is 14.3. The van der Waals surface area contributed by atoms with Crippen LogP contribution in [0.3, 0.4) is 0 Å². The van der Waals surface area contributed by atoms with E-state index in [0.717, 1.165) is 6.07 Å². The summed E-state index contributed by atoms with van der Waals surface area (Å²) in [5, 5.41) is 0. The van der Waals surface area contributed by atoms with Crippen molar-refractivity contribution < 1.29 is 35.4 Å². The lowest BCUT2D eigenvalue weighted by Gasteiger charge is -2.16. The van der Waals surface area contributed by atoms with Crippen LogP contribution < -0.4 is 9.47 Å². The van der Waals surface area contributed by atoms with Gasteiger partial charge in [0.1, 0.15) is 9.79 Å². The van der Waals surface area contributed by atoms with Crippen molar-refractivity contribution in [1.82, 2.24) is 0 Å². The van der Waals surface area contributed by atoms with E-state index in [1.165, 1.54) is 44.6 Å². The summed E-state index contributed by atoms with van der Waals surface area (Å²) in [5.74, 6) is -0.263. The number of rotatable bonds is 5. The molecule has 24 heavy (non-hydrogen) atoms. The highest BCUT2D eigenvalue weighted by Crippen LogP contribution is 2.42. The Kier molecular flexibility index (Phi) is 4.85. The summed E-state index contributed by atoms with van der Waals surface area (Å²) in [6, 6.07) is 7.81. The SMILES string of the molecule is COc1ccc(-c2ccccc2S(=O)(=O)O)c(S(=O)(=O)O)c1OC. The van der Waals surface area contributed by atoms with E-state index in [4.69, 9.17) is 9.47 Å². The minimum absolute atomic E-state index is 0.0261. The molecule has 2 N–H and O–H groups in total. The predicted octanol–water partition coefficient (Wildman–Crippen LogP) is 1.86. The van der Waals surface area contributed by atoms with Gasteiger partial charge in [0.15, 0.2) is 11.5 Å². The second kappa shape index (κ2) is 6.40. The van der Waals surface area contributed by atoms with Crippen molar-refractivity contribution in [3.63, 3.8) is 0 Å². The molecular weight excluding hydrogens is 360 g/mol. The highest BCUT2D eigenvalue weighted by atomic mass is 32.2. The Hall–Kier alpha value is -2.14. The molecule has 0 bridgehead atoms. The molecule has 0 radical (unpaired) electrons. The smallest absolute Gasteiger partial charge is 0.299 e. The molecule has 0 heterocycles. The van der Waals surface area contributed by atoms with Gasteiger partial charge in [0.05, 0.1) is 14.2 Å². The van der Waals surface area contributed by atoms with Gasteiger partial charge < -0.3 is 9.47 Å². The summed E-state index contributed by atoms with van der Waals surface area (Å²) in [5.41, 5.74) is -0.281. The van der Waals surface area contributed by atoms with Crippen molar-refractivity contribution >= 4 is 20.2 Å². The van der Waals surface area contributed by atoms with Gasteiger partial charge in [-0.1, -0.05) is 18.2 Å². The molecule has 2 aromatic rings. The van der Waals surface area contributed by atoms with Crippen molar-refractivity contribution in [1.29, 1.82) is 0 Å². The van der Waals surface area contributed by atoms with Crippen LogP contribution >= 0.6 is 0 Å². The Labute approximate surface area is 139 Å². The van der Waals surface area contributed by atoms with Crippen LogP contribution in [0.2, 0.25) is 0 Å². The van der Waals surface area contributed by atoms with Crippen LogP contribution in [0.5, 0.6) is 11.5 Å². The minimum Gasteiger partial charge on any atom is -0.493 e. The van der Waals surface area contributed by atoms with E-state index in [9.17, 15) is 25.9 Å². The fourth-order valence-corrected chi connectivity index (χ4v) is 3.86. The summed E-state index contributed by atoms with van der Waals surface area (Å²) < 4.78 is 75.7. The second-order valence-electron chi connectivity index (χ2n) is 4.62. The Morgan fingerprint density at radius 3 is 1.92 bits per heavy atom. The van der Waals surface area contributed by atoms with Crippen LogP contribution in [0.15, 0.2) is 46.2 Å². The van der Waals surface area contributed by atoms with Crippen LogP contribution in [0.1, 0.15) is 0 Å². The van der Waals surface area contributed by atoms with Crippen molar-refractivity contribution in [2.24, 2.45) is 0 Å². The largest absolute Gasteiger partial charge is 0.493 e. The van der Waals surface area contributed by atoms with Crippen molar-refractivity contribution in [2.45, 2.75) is 9.79 Å². The standard InChI is InChI=1S/C14H14O8S2/c1-21-11-8-7-10(14(13(11)22-2)24(18,19)20)9-5-3-4-6-12(9)23(15,16)17/h3-8H,1-2H3,(H,15,16,17)(H,18,19,20). The molecular formula is C14H14O8S2. The molecule has 0 fully saturated rings. The van der Waals surface area contributed by atoms with E-state index >= 15 is 0 Å². The topological polar surface area (TPSA) is 127 Å². The van der Waals surface area contributed by atoms with Crippen LogP contribution in [0.4, 0.5) is 0 Å². The van der Waals surface area contributed by atoms with Gasteiger partial charge in [-0.15, -0.1) is 0 Å². The molecule has 0 aliphatic carbocycles. The lowest BCUT2D eigenvalue weighted by Crippen LogP contribution is -2.07. The van der Waals surface area contributed by atoms with Gasteiger partial charge in [0.2, 0.25) is 0 Å². The van der Waals surface area contributed by atoms with Crippen LogP contribution in [0, 0.1) is 0 Å². The summed E-state index contributed by atoms with van der Waals surface area (Å²) in [6.45, 7) is 0. The normalized spacial score (nSPS) is 12.0. The van der Waals surface area contributed by atoms with E-state index < -0.39 is 30.0 Å². The average molecular weight is 374 g/mol. The number of hydrogen-bond donors (Lipinski definition) is 2. The molecule has 0 amide bonds. The Balaban J connectivity index is 2.98. The number of benzene rings is 2. The van der Waals surface area contributed by atoms with Crippen LogP contribution in [-0.2, 0) is 20.2 Å². The van der Waals surface area contributed by atoms with Gasteiger partial charge in [-0.25, -0.2) is 0 Å². The first kappa shape index (κ1) is 18.2. The van der Waals surface area contributed by atoms with E-state index in [2.05, 4.69) is 0 Å². The molecule has 0 saturated heterocycles. The third kappa shape index (κ3) is 3.36. The van der Waals surface area contributed by atoms with E-state index in [0.29, 0.717) is 0 Å². The molecule has 0 atom stereocenters. The zero-order chi connectivity index (χ0) is 18.1. The third-order valence-electron chi connectivity index (χ3n) is 3.21. The molecule has 0 unspecified atom stereocenters. The van der Waals surface area contributed by atoms with E-state index in [-0.39, 0.29) is 22.6 Å². The monoisotopic (exact) mass is 374 g/mol. The Morgan fingerprint density at radius 2 is 1.42 bits per heavy atom. The molecule has 2 aromatic carbocycles. The molecule has 8 nitrogen and oxygen atoms in total. The fourth-order valence-electron chi connectivity index (χ4n) is 2.28. The first-order valence-corrected chi connectivity index (χ1v) is 9.28. The molecule has 0 aliphatic heterocycles. The van der Waals surface area contributed by atoms with Gasteiger partial charge in [-0.3, -0.25) is 9.11 Å². The molecule has 0 aliphatic rings. The van der Waals surface area contributed by atoms with Crippen molar-refractivity contribution in [3.05, 3.63) is 36.4 Å². The number of hydrogen-bond acceptors (Lipinski definition) is 6. The fraction of sp³-hybridized carbons (Fsp3) is 0.143. The van der Waals surface area contributed by atoms with Gasteiger partial charge in [0.25, 0.3) is 20.2 Å². The maximum atomic E-state index is 11.8. The molecule has 0 aromatic heterocycles. The Bertz CT molecular complexity index is 978. The summed E-state index contributed by atoms with van der Waals surface area (Å²) in [6.07, 6.45) is 0. The highest BCUT2D eigenvalue weighted by Gasteiger charge is 2.28. The summed E-state index contributed by atoms with van der Waals surface area (Å²) >= 11 is 0. The molecule has 0 saturated carbocycles. The maximum Gasteiger partial charge on any atom is 0.299 e. The second-order valence-corrected chi connectivity index (χ2v) is 7.37. The highest BCUT2D eigenvalue weighted by molar-refractivity contribution is 7.86. The first-order valence-electron chi connectivity index (χ1n) is 6.40. The van der Waals surface area contributed by atoms with E-state index in [1.807, 2.05) is 0 Å². The average Bonchev–Trinajstić information content (AvgIpc) is 2.51. The predicted molar refractivity (Wildman–Crippen MR) is 84.6 cm³/mol. The van der Waals surface area contributed by atoms with Gasteiger partial charge in [-0.2, -0.15) is 16.8 Å². The van der Waals surface area contributed by atoms with Crippen LogP contribution in [0.25, 0.3) is 11.1 Å². The van der Waals surface area contributed by atoms with E-state index in [1.54, 1.807) is 0 Å². The van der Waals surface area contributed by atoms with Crippen molar-refractivity contribution in [3.8, 4) is 22.6 Å². The third-order valence-corrected chi connectivity index (χ3v) is 5.05. The van der Waals surface area contributed by atoms with Crippen molar-refractivity contribution in [2.75, 3.05) is 14.2 Å². The maximum absolute atomic E-state index is 11.8. The van der Waals surface area contributed by atoms with Gasteiger partial charge in [-0.05, 0) is 18.2 Å². The summed E-state index contributed by atoms with van der Waals surface area (Å²) in [7, 11) is -6.98. The number of methoxy groups -OCH3 is 2. The molecule has 2 rings (SSSR count). The van der Waals surface area contributed by atoms with Gasteiger partial charge >= 0.3 is 0 Å². The quantitative estimate of drug-likeness (QED) is 0.759. The molecule has 130 valence electrons. The molecule has 10 heteroatoms. The van der Waals surface area contributed by atoms with Crippen LogP contribution in [-0.4, -0.2) is 40.2 Å². The number of ether oxygens (including phenoxy) is 2. The minimum atomic E-state index is -4.80. The van der Waals surface area contributed by atoms with Gasteiger partial charge in [0, 0.05) is 11.1 Å². The molecule has 0 spiro atoms. The lowest BCUT2D eigenvalue weighted by atomic mass is 10.0. The lowest BCUT2D eigenvalue weighted by molar-refractivity contribution is 0.345. The zero-order valence-electron chi connectivity index (χ0n) is 12.6. The summed E-state index contributed by atoms with van der Waals surface area (Å²) in [4.78, 5) is -1.18. The first-order chi connectivity index (χ1) is 11.1.